The molecule has 4 nitrogen and oxygen atoms in total. The van der Waals surface area contributed by atoms with E-state index in [-0.39, 0.29) is 5.91 Å². The molecule has 0 unspecified atom stereocenters. The maximum absolute atomic E-state index is 11.0. The van der Waals surface area contributed by atoms with Crippen LogP contribution >= 0.6 is 15.9 Å². The van der Waals surface area contributed by atoms with Gasteiger partial charge in [0.2, 0.25) is 5.91 Å². The van der Waals surface area contributed by atoms with Crippen LogP contribution in [0.1, 0.15) is 19.8 Å². The maximum Gasteiger partial charge on any atom is 0.217 e. The lowest BCUT2D eigenvalue weighted by atomic mass is 10.0. The average Bonchev–Trinajstić information content (AvgIpc) is 2.30. The van der Waals surface area contributed by atoms with E-state index in [9.17, 15) is 4.79 Å². The lowest BCUT2D eigenvalue weighted by molar-refractivity contribution is -0.119. The van der Waals surface area contributed by atoms with Crippen molar-refractivity contribution in [3.05, 3.63) is 22.7 Å². The summed E-state index contributed by atoms with van der Waals surface area (Å²) >= 11 is 3.55. The van der Waals surface area contributed by atoms with Gasteiger partial charge in [-0.1, -0.05) is 0 Å². The highest BCUT2D eigenvalue weighted by molar-refractivity contribution is 9.10. The van der Waals surface area contributed by atoms with Crippen LogP contribution in [0, 0.1) is 0 Å². The van der Waals surface area contributed by atoms with E-state index < -0.39 is 0 Å². The third kappa shape index (κ3) is 3.16. The van der Waals surface area contributed by atoms with Crippen LogP contribution in [0.25, 0.3) is 0 Å². The number of amides is 1. The number of halogens is 1. The Hall–Kier alpha value is -1.23. The van der Waals surface area contributed by atoms with Crippen LogP contribution in [0.4, 0.5) is 11.4 Å². The molecule has 1 aliphatic rings. The van der Waals surface area contributed by atoms with E-state index in [0.29, 0.717) is 6.04 Å². The molecule has 0 bridgehead atoms. The predicted molar refractivity (Wildman–Crippen MR) is 77.6 cm³/mol. The van der Waals surface area contributed by atoms with Crippen molar-refractivity contribution in [3.8, 4) is 0 Å². The third-order valence-electron chi connectivity index (χ3n) is 3.21. The van der Waals surface area contributed by atoms with Crippen LogP contribution in [0.2, 0.25) is 0 Å². The number of nitrogens with two attached hydrogens (primary N) is 1. The predicted octanol–water partition coefficient (Wildman–Crippen LogP) is 2.14. The Labute approximate surface area is 116 Å². The second kappa shape index (κ2) is 5.61. The minimum Gasteiger partial charge on any atom is -0.399 e. The molecule has 0 aliphatic carbocycles. The van der Waals surface area contributed by atoms with Crippen LogP contribution in [0.3, 0.4) is 0 Å². The molecule has 1 fully saturated rings. The zero-order chi connectivity index (χ0) is 13.1. The molecule has 1 aromatic carbocycles. The summed E-state index contributed by atoms with van der Waals surface area (Å²) in [4.78, 5) is 13.3. The Kier molecular flexibility index (Phi) is 4.11. The first-order valence-electron chi connectivity index (χ1n) is 6.13. The lowest BCUT2D eigenvalue weighted by Gasteiger charge is -2.34. The topological polar surface area (TPSA) is 58.4 Å². The highest BCUT2D eigenvalue weighted by Crippen LogP contribution is 2.30. The molecule has 0 atom stereocenters. The molecule has 1 aliphatic heterocycles. The Bertz CT molecular complexity index is 442. The van der Waals surface area contributed by atoms with E-state index in [2.05, 4.69) is 26.1 Å². The number of rotatable bonds is 2. The fraction of sp³-hybridized carbons (Fsp3) is 0.462. The van der Waals surface area contributed by atoms with Gasteiger partial charge in [-0.3, -0.25) is 4.79 Å². The smallest absolute Gasteiger partial charge is 0.217 e. The normalized spacial score (nSPS) is 16.7. The fourth-order valence-electron chi connectivity index (χ4n) is 2.33. The number of piperidine rings is 1. The quantitative estimate of drug-likeness (QED) is 0.823. The van der Waals surface area contributed by atoms with Crippen molar-refractivity contribution in [1.82, 2.24) is 5.32 Å². The lowest BCUT2D eigenvalue weighted by Crippen LogP contribution is -2.44. The van der Waals surface area contributed by atoms with E-state index in [1.807, 2.05) is 18.2 Å². The summed E-state index contributed by atoms with van der Waals surface area (Å²) in [5, 5.41) is 2.98. The number of nitrogens with one attached hydrogen (secondary N) is 1. The van der Waals surface area contributed by atoms with Crippen molar-refractivity contribution in [2.24, 2.45) is 0 Å². The van der Waals surface area contributed by atoms with Gasteiger partial charge in [-0.25, -0.2) is 0 Å². The molecular weight excluding hydrogens is 294 g/mol. The number of nitrogen functional groups attached to an aromatic ring is 1. The molecule has 18 heavy (non-hydrogen) atoms. The molecule has 0 radical (unpaired) electrons. The highest BCUT2D eigenvalue weighted by Gasteiger charge is 2.20. The van der Waals surface area contributed by atoms with Crippen LogP contribution in [-0.4, -0.2) is 25.0 Å². The largest absolute Gasteiger partial charge is 0.399 e. The van der Waals surface area contributed by atoms with Gasteiger partial charge in [0.05, 0.1) is 5.69 Å². The summed E-state index contributed by atoms with van der Waals surface area (Å²) < 4.78 is 1.03. The number of nitrogens with zero attached hydrogens (tertiary/aromatic N) is 1. The van der Waals surface area contributed by atoms with Gasteiger partial charge in [-0.2, -0.15) is 0 Å². The van der Waals surface area contributed by atoms with Gasteiger partial charge in [0.15, 0.2) is 0 Å². The van der Waals surface area contributed by atoms with Gasteiger partial charge in [-0.05, 0) is 47.0 Å². The van der Waals surface area contributed by atoms with Gasteiger partial charge in [0.25, 0.3) is 0 Å². The van der Waals surface area contributed by atoms with Gasteiger partial charge < -0.3 is 16.0 Å². The SMILES string of the molecule is CC(=O)NC1CCN(c2ccc(N)cc2Br)CC1. The van der Waals surface area contributed by atoms with E-state index in [1.165, 1.54) is 5.69 Å². The van der Waals surface area contributed by atoms with Crippen molar-refractivity contribution in [1.29, 1.82) is 0 Å². The second-order valence-corrected chi connectivity index (χ2v) is 5.53. The van der Waals surface area contributed by atoms with Gasteiger partial charge >= 0.3 is 0 Å². The van der Waals surface area contributed by atoms with E-state index in [0.717, 1.165) is 36.1 Å². The summed E-state index contributed by atoms with van der Waals surface area (Å²) in [7, 11) is 0. The molecule has 2 rings (SSSR count). The standard InChI is InChI=1S/C13H18BrN3O/c1-9(18)16-11-4-6-17(7-5-11)13-3-2-10(15)8-12(13)14/h2-3,8,11H,4-7,15H2,1H3,(H,16,18). The molecular formula is C13H18BrN3O. The third-order valence-corrected chi connectivity index (χ3v) is 3.85. The molecule has 1 aromatic rings. The minimum absolute atomic E-state index is 0.0575. The average molecular weight is 312 g/mol. The second-order valence-electron chi connectivity index (χ2n) is 4.67. The fourth-order valence-corrected chi connectivity index (χ4v) is 2.98. The monoisotopic (exact) mass is 311 g/mol. The molecule has 5 heteroatoms. The molecule has 0 saturated carbocycles. The minimum atomic E-state index is 0.0575. The Balaban J connectivity index is 1.99. The van der Waals surface area contributed by atoms with Crippen molar-refractivity contribution in [2.75, 3.05) is 23.7 Å². The van der Waals surface area contributed by atoms with Crippen LogP contribution in [0.15, 0.2) is 22.7 Å². The van der Waals surface area contributed by atoms with Crippen molar-refractivity contribution < 1.29 is 4.79 Å². The van der Waals surface area contributed by atoms with Crippen molar-refractivity contribution in [2.45, 2.75) is 25.8 Å². The number of anilines is 2. The highest BCUT2D eigenvalue weighted by atomic mass is 79.9. The first-order chi connectivity index (χ1) is 8.56. The van der Waals surface area contributed by atoms with Crippen molar-refractivity contribution in [3.63, 3.8) is 0 Å². The summed E-state index contributed by atoms with van der Waals surface area (Å²) in [5.74, 6) is 0.0575. The molecule has 98 valence electrons. The zero-order valence-corrected chi connectivity index (χ0v) is 12.0. The molecule has 0 aromatic heterocycles. The summed E-state index contributed by atoms with van der Waals surface area (Å²) in [6, 6.07) is 6.19. The number of carbonyl (C=O) groups is 1. The first-order valence-corrected chi connectivity index (χ1v) is 6.92. The van der Waals surface area contributed by atoms with Crippen LogP contribution < -0.4 is 16.0 Å². The summed E-state index contributed by atoms with van der Waals surface area (Å²) in [6.45, 7) is 3.48. The Morgan fingerprint density at radius 3 is 2.67 bits per heavy atom. The summed E-state index contributed by atoms with van der Waals surface area (Å²) in [6.07, 6.45) is 1.97. The molecule has 1 heterocycles. The van der Waals surface area contributed by atoms with Crippen molar-refractivity contribution >= 4 is 33.2 Å². The Morgan fingerprint density at radius 2 is 2.11 bits per heavy atom. The van der Waals surface area contributed by atoms with E-state index >= 15 is 0 Å². The first kappa shape index (κ1) is 13.2. The summed E-state index contributed by atoms with van der Waals surface area (Å²) in [5.41, 5.74) is 7.67. The van der Waals surface area contributed by atoms with Gasteiger partial charge in [-0.15, -0.1) is 0 Å². The molecule has 1 amide bonds. The van der Waals surface area contributed by atoms with E-state index in [1.54, 1.807) is 6.92 Å². The number of hydrogen-bond donors (Lipinski definition) is 2. The van der Waals surface area contributed by atoms with E-state index in [4.69, 9.17) is 5.73 Å². The van der Waals surface area contributed by atoms with Crippen LogP contribution in [0.5, 0.6) is 0 Å². The molecule has 0 spiro atoms. The maximum atomic E-state index is 11.0. The van der Waals surface area contributed by atoms with Crippen LogP contribution in [-0.2, 0) is 4.79 Å². The molecule has 3 N–H and O–H groups in total. The number of benzene rings is 1. The number of carbonyl (C=O) groups excluding carboxylic acids is 1. The Morgan fingerprint density at radius 1 is 1.44 bits per heavy atom. The molecule has 1 saturated heterocycles. The van der Waals surface area contributed by atoms with Gasteiger partial charge in [0.1, 0.15) is 0 Å². The number of hydrogen-bond acceptors (Lipinski definition) is 3. The zero-order valence-electron chi connectivity index (χ0n) is 10.4. The van der Waals surface area contributed by atoms with Gasteiger partial charge in [0, 0.05) is 36.2 Å².